The van der Waals surface area contributed by atoms with Gasteiger partial charge in [0.25, 0.3) is 0 Å². The molecule has 3 rings (SSSR count). The zero-order valence-electron chi connectivity index (χ0n) is 10.5. The maximum absolute atomic E-state index is 5.99. The van der Waals surface area contributed by atoms with E-state index in [0.29, 0.717) is 6.04 Å². The van der Waals surface area contributed by atoms with Crippen LogP contribution in [0, 0.1) is 3.57 Å². The van der Waals surface area contributed by atoms with Crippen LogP contribution >= 0.6 is 34.2 Å². The van der Waals surface area contributed by atoms with Gasteiger partial charge in [0.1, 0.15) is 0 Å². The minimum atomic E-state index is 0.518. The average molecular weight is 384 g/mol. The molecule has 0 bridgehead atoms. The fourth-order valence-electron chi connectivity index (χ4n) is 2.65. The summed E-state index contributed by atoms with van der Waals surface area (Å²) in [5.41, 5.74) is 4.18. The Morgan fingerprint density at radius 1 is 1.11 bits per heavy atom. The highest BCUT2D eigenvalue weighted by atomic mass is 127. The van der Waals surface area contributed by atoms with E-state index in [2.05, 4.69) is 58.2 Å². The van der Waals surface area contributed by atoms with Crippen molar-refractivity contribution in [2.24, 2.45) is 0 Å². The van der Waals surface area contributed by atoms with E-state index < -0.39 is 0 Å². The molecule has 0 saturated heterocycles. The van der Waals surface area contributed by atoms with Crippen molar-refractivity contribution in [3.8, 4) is 0 Å². The van der Waals surface area contributed by atoms with Gasteiger partial charge in [-0.1, -0.05) is 35.9 Å². The van der Waals surface area contributed by atoms with Crippen LogP contribution in [0.15, 0.2) is 42.5 Å². The number of anilines is 1. The van der Waals surface area contributed by atoms with Crippen molar-refractivity contribution < 1.29 is 0 Å². The number of benzene rings is 2. The summed E-state index contributed by atoms with van der Waals surface area (Å²) in [4.78, 5) is 0. The molecule has 2 aromatic rings. The third-order valence-corrected chi connectivity index (χ3v) is 4.77. The van der Waals surface area contributed by atoms with Gasteiger partial charge in [0.05, 0.1) is 0 Å². The summed E-state index contributed by atoms with van der Waals surface area (Å²) in [6, 6.07) is 15.3. The second-order valence-electron chi connectivity index (χ2n) is 4.98. The van der Waals surface area contributed by atoms with E-state index in [1.807, 2.05) is 12.1 Å². The normalized spacial score (nSPS) is 17.9. The van der Waals surface area contributed by atoms with E-state index in [9.17, 15) is 0 Å². The van der Waals surface area contributed by atoms with E-state index in [0.717, 1.165) is 17.9 Å². The fraction of sp³-hybridized carbons (Fsp3) is 0.250. The van der Waals surface area contributed by atoms with Gasteiger partial charge >= 0.3 is 0 Å². The molecule has 2 aromatic carbocycles. The summed E-state index contributed by atoms with van der Waals surface area (Å²) in [6.07, 6.45) is 3.46. The molecule has 1 aliphatic carbocycles. The first-order chi connectivity index (χ1) is 9.22. The highest BCUT2D eigenvalue weighted by Crippen LogP contribution is 2.27. The third-order valence-electron chi connectivity index (χ3n) is 3.64. The quantitative estimate of drug-likeness (QED) is 0.726. The maximum atomic E-state index is 5.99. The van der Waals surface area contributed by atoms with Crippen molar-refractivity contribution in [2.45, 2.75) is 25.3 Å². The third kappa shape index (κ3) is 3.06. The van der Waals surface area contributed by atoms with Crippen molar-refractivity contribution >= 4 is 39.9 Å². The van der Waals surface area contributed by atoms with Gasteiger partial charge in [-0.15, -0.1) is 0 Å². The Bertz CT molecular complexity index is 597. The molecule has 98 valence electrons. The zero-order chi connectivity index (χ0) is 13.2. The van der Waals surface area contributed by atoms with Gasteiger partial charge in [0.15, 0.2) is 0 Å². The van der Waals surface area contributed by atoms with Gasteiger partial charge in [-0.2, -0.15) is 0 Å². The summed E-state index contributed by atoms with van der Waals surface area (Å²) in [7, 11) is 0. The van der Waals surface area contributed by atoms with Gasteiger partial charge in [0, 0.05) is 20.3 Å². The molecule has 0 heterocycles. The molecule has 19 heavy (non-hydrogen) atoms. The van der Waals surface area contributed by atoms with Crippen molar-refractivity contribution in [1.29, 1.82) is 0 Å². The Labute approximate surface area is 132 Å². The molecular formula is C16H15ClIN. The molecule has 1 aliphatic rings. The first kappa shape index (κ1) is 13.3. The molecule has 0 spiro atoms. The van der Waals surface area contributed by atoms with Gasteiger partial charge in [-0.05, 0) is 71.2 Å². The van der Waals surface area contributed by atoms with E-state index >= 15 is 0 Å². The zero-order valence-corrected chi connectivity index (χ0v) is 13.4. The van der Waals surface area contributed by atoms with E-state index in [1.54, 1.807) is 0 Å². The first-order valence-electron chi connectivity index (χ1n) is 6.51. The predicted molar refractivity (Wildman–Crippen MR) is 90.0 cm³/mol. The number of hydrogen-bond donors (Lipinski definition) is 1. The number of fused-ring (bicyclic) bond motifs is 1. The lowest BCUT2D eigenvalue weighted by molar-refractivity contribution is 0.610. The first-order valence-corrected chi connectivity index (χ1v) is 7.96. The van der Waals surface area contributed by atoms with Crippen LogP contribution in [-0.2, 0) is 12.8 Å². The smallest absolute Gasteiger partial charge is 0.0479 e. The average Bonchev–Trinajstić information content (AvgIpc) is 2.42. The van der Waals surface area contributed by atoms with E-state index in [-0.39, 0.29) is 0 Å². The topological polar surface area (TPSA) is 12.0 Å². The summed E-state index contributed by atoms with van der Waals surface area (Å²) in [5, 5.41) is 4.45. The molecule has 1 unspecified atom stereocenters. The van der Waals surface area contributed by atoms with Crippen LogP contribution in [0.2, 0.25) is 5.02 Å². The number of nitrogens with one attached hydrogen (secondary N) is 1. The second-order valence-corrected chi connectivity index (χ2v) is 6.58. The molecule has 0 aromatic heterocycles. The van der Waals surface area contributed by atoms with E-state index in [1.165, 1.54) is 26.8 Å². The molecule has 3 heteroatoms. The number of aryl methyl sites for hydroxylation is 1. The van der Waals surface area contributed by atoms with Crippen LogP contribution in [-0.4, -0.2) is 6.04 Å². The summed E-state index contributed by atoms with van der Waals surface area (Å²) >= 11 is 8.33. The van der Waals surface area contributed by atoms with Crippen LogP contribution in [0.5, 0.6) is 0 Å². The number of hydrogen-bond acceptors (Lipinski definition) is 1. The molecule has 0 saturated carbocycles. The van der Waals surface area contributed by atoms with Gasteiger partial charge < -0.3 is 5.32 Å². The Morgan fingerprint density at radius 3 is 2.68 bits per heavy atom. The summed E-state index contributed by atoms with van der Waals surface area (Å²) in [6.45, 7) is 0. The fourth-order valence-corrected chi connectivity index (χ4v) is 3.67. The molecular weight excluding hydrogens is 369 g/mol. The Morgan fingerprint density at radius 2 is 1.89 bits per heavy atom. The van der Waals surface area contributed by atoms with Gasteiger partial charge in [-0.3, -0.25) is 0 Å². The Kier molecular flexibility index (Phi) is 3.99. The minimum Gasteiger partial charge on any atom is -0.381 e. The molecule has 0 amide bonds. The van der Waals surface area contributed by atoms with E-state index in [4.69, 9.17) is 11.6 Å². The van der Waals surface area contributed by atoms with Crippen LogP contribution in [0.25, 0.3) is 0 Å². The van der Waals surface area contributed by atoms with Crippen LogP contribution in [0.4, 0.5) is 5.69 Å². The lowest BCUT2D eigenvalue weighted by Crippen LogP contribution is -2.27. The molecule has 1 nitrogen and oxygen atoms in total. The molecule has 1 atom stereocenters. The van der Waals surface area contributed by atoms with Crippen LogP contribution < -0.4 is 5.32 Å². The molecule has 0 radical (unpaired) electrons. The standard InChI is InChI=1S/C16H15ClIN/c17-13-6-8-16(15(18)10-13)19-14-7-5-11-3-1-2-4-12(11)9-14/h1-4,6,8,10,14,19H,5,7,9H2. The van der Waals surface area contributed by atoms with Gasteiger partial charge in [0.2, 0.25) is 0 Å². The summed E-state index contributed by atoms with van der Waals surface area (Å²) < 4.78 is 1.18. The minimum absolute atomic E-state index is 0.518. The Hall–Kier alpha value is -0.740. The summed E-state index contributed by atoms with van der Waals surface area (Å²) in [5.74, 6) is 0. The highest BCUT2D eigenvalue weighted by Gasteiger charge is 2.18. The van der Waals surface area contributed by atoms with Crippen LogP contribution in [0.1, 0.15) is 17.5 Å². The maximum Gasteiger partial charge on any atom is 0.0479 e. The monoisotopic (exact) mass is 383 g/mol. The highest BCUT2D eigenvalue weighted by molar-refractivity contribution is 14.1. The largest absolute Gasteiger partial charge is 0.381 e. The van der Waals surface area contributed by atoms with Crippen molar-refractivity contribution in [3.63, 3.8) is 0 Å². The second kappa shape index (κ2) is 5.71. The van der Waals surface area contributed by atoms with Gasteiger partial charge in [-0.25, -0.2) is 0 Å². The molecule has 0 fully saturated rings. The predicted octanol–water partition coefficient (Wildman–Crippen LogP) is 4.91. The number of halogens is 2. The molecule has 0 aliphatic heterocycles. The van der Waals surface area contributed by atoms with Crippen LogP contribution in [0.3, 0.4) is 0 Å². The van der Waals surface area contributed by atoms with Crippen molar-refractivity contribution in [1.82, 2.24) is 0 Å². The van der Waals surface area contributed by atoms with Crippen molar-refractivity contribution in [3.05, 3.63) is 62.2 Å². The number of rotatable bonds is 2. The lowest BCUT2D eigenvalue weighted by atomic mass is 9.88. The Balaban J connectivity index is 1.75. The molecule has 1 N–H and O–H groups in total. The SMILES string of the molecule is Clc1ccc(NC2CCc3ccccc3C2)c(I)c1. The lowest BCUT2D eigenvalue weighted by Gasteiger charge is -2.26. The van der Waals surface area contributed by atoms with Crippen molar-refractivity contribution in [2.75, 3.05) is 5.32 Å².